The van der Waals surface area contributed by atoms with E-state index < -0.39 is 41.2 Å². The average molecular weight is 408 g/mol. The molecule has 0 radical (unpaired) electrons. The lowest BCUT2D eigenvalue weighted by Gasteiger charge is -2.25. The van der Waals surface area contributed by atoms with Crippen LogP contribution in [0.3, 0.4) is 0 Å². The number of hydrazone groups is 1. The summed E-state index contributed by atoms with van der Waals surface area (Å²) in [6.45, 7) is 3.19. The van der Waals surface area contributed by atoms with E-state index in [0.717, 1.165) is 17.8 Å². The molecule has 0 unspecified atom stereocenters. The Morgan fingerprint density at radius 3 is 2.44 bits per heavy atom. The molecule has 0 aliphatic carbocycles. The summed E-state index contributed by atoms with van der Waals surface area (Å²) in [5.41, 5.74) is -1.71. The Balaban J connectivity index is 2.44. The molecule has 0 bridgehead atoms. The van der Waals surface area contributed by atoms with Crippen LogP contribution >= 0.6 is 11.8 Å². The van der Waals surface area contributed by atoms with Gasteiger partial charge in [-0.3, -0.25) is 5.43 Å². The van der Waals surface area contributed by atoms with Crippen molar-refractivity contribution in [2.24, 2.45) is 10.1 Å². The Labute approximate surface area is 155 Å². The summed E-state index contributed by atoms with van der Waals surface area (Å²) < 4.78 is 77.9. The summed E-state index contributed by atoms with van der Waals surface area (Å²) in [4.78, 5) is 4.14. The average Bonchev–Trinajstić information content (AvgIpc) is 2.97. The Bertz CT molecular complexity index is 822. The van der Waals surface area contributed by atoms with Crippen molar-refractivity contribution in [1.29, 1.82) is 5.26 Å². The molecule has 1 atom stereocenters. The zero-order valence-corrected chi connectivity index (χ0v) is 15.0. The second-order valence-electron chi connectivity index (χ2n) is 5.87. The molecule has 1 aromatic rings. The highest BCUT2D eigenvalue weighted by atomic mass is 32.2. The van der Waals surface area contributed by atoms with Gasteiger partial charge in [0, 0.05) is 6.42 Å². The second-order valence-corrected chi connectivity index (χ2v) is 7.12. The van der Waals surface area contributed by atoms with Crippen molar-refractivity contribution in [3.8, 4) is 6.07 Å². The number of hydrogen-bond donors (Lipinski definition) is 1. The Hall–Kier alpha value is -2.22. The van der Waals surface area contributed by atoms with Gasteiger partial charge in [-0.15, -0.1) is 11.8 Å². The van der Waals surface area contributed by atoms with Crippen molar-refractivity contribution in [2.75, 3.05) is 5.75 Å². The standard InChI is InChI=1S/C16H14F6N4S/c1-3-27-13(14(2)7-12(25-26-14)16(20,21)22)24-10-5-4-9(8-23)11(6-10)15(17,18)19/h4-6,26H,3,7H2,1-2H3/t14-/m0/s1. The molecule has 0 saturated heterocycles. The molecule has 1 heterocycles. The minimum atomic E-state index is -4.75. The highest BCUT2D eigenvalue weighted by Crippen LogP contribution is 2.36. The largest absolute Gasteiger partial charge is 0.431 e. The number of nitrogens with zero attached hydrogens (tertiary/aromatic N) is 3. The number of nitrogens with one attached hydrogen (secondary N) is 1. The maximum atomic E-state index is 13.1. The molecule has 1 aliphatic rings. The molecule has 1 aliphatic heterocycles. The maximum absolute atomic E-state index is 13.1. The van der Waals surface area contributed by atoms with Crippen LogP contribution in [0.25, 0.3) is 0 Å². The van der Waals surface area contributed by atoms with Crippen molar-refractivity contribution >= 4 is 28.2 Å². The first-order chi connectivity index (χ1) is 12.4. The first kappa shape index (κ1) is 21.1. The zero-order chi connectivity index (χ0) is 20.5. The van der Waals surface area contributed by atoms with Gasteiger partial charge in [-0.25, -0.2) is 4.99 Å². The molecule has 0 spiro atoms. The van der Waals surface area contributed by atoms with Crippen molar-refractivity contribution in [3.63, 3.8) is 0 Å². The van der Waals surface area contributed by atoms with E-state index in [1.807, 2.05) is 0 Å². The molecule has 146 valence electrons. The molecular formula is C16H14F6N4S. The summed E-state index contributed by atoms with van der Waals surface area (Å²) in [5, 5.41) is 12.3. The van der Waals surface area contributed by atoms with Gasteiger partial charge in [0.2, 0.25) is 0 Å². The van der Waals surface area contributed by atoms with Gasteiger partial charge >= 0.3 is 12.4 Å². The summed E-state index contributed by atoms with van der Waals surface area (Å²) in [6.07, 6.45) is -9.86. The van der Waals surface area contributed by atoms with Gasteiger partial charge in [0.25, 0.3) is 0 Å². The third-order valence-electron chi connectivity index (χ3n) is 3.70. The highest BCUT2D eigenvalue weighted by molar-refractivity contribution is 8.14. The van der Waals surface area contributed by atoms with Crippen molar-refractivity contribution in [3.05, 3.63) is 29.3 Å². The van der Waals surface area contributed by atoms with Gasteiger partial charge < -0.3 is 0 Å². The van der Waals surface area contributed by atoms with Crippen molar-refractivity contribution in [1.82, 2.24) is 5.43 Å². The highest BCUT2D eigenvalue weighted by Gasteiger charge is 2.47. The van der Waals surface area contributed by atoms with Crippen LogP contribution in [0.2, 0.25) is 0 Å². The van der Waals surface area contributed by atoms with E-state index in [9.17, 15) is 26.3 Å². The molecule has 0 aromatic heterocycles. The Morgan fingerprint density at radius 2 is 1.96 bits per heavy atom. The van der Waals surface area contributed by atoms with Gasteiger partial charge in [-0.1, -0.05) is 6.92 Å². The quantitative estimate of drug-likeness (QED) is 0.434. The molecule has 2 rings (SSSR count). The lowest BCUT2D eigenvalue weighted by molar-refractivity contribution is -0.137. The van der Waals surface area contributed by atoms with Crippen LogP contribution in [0.4, 0.5) is 32.0 Å². The van der Waals surface area contributed by atoms with E-state index in [4.69, 9.17) is 5.26 Å². The SMILES string of the molecule is CCSC(=Nc1ccc(C#N)c(C(F)(F)F)c1)[C@]1(C)CC(C(F)(F)F)=NN1. The van der Waals surface area contributed by atoms with Crippen LogP contribution in [0.15, 0.2) is 28.3 Å². The fourth-order valence-corrected chi connectivity index (χ4v) is 3.27. The number of halogens is 6. The van der Waals surface area contributed by atoms with Crippen LogP contribution in [0, 0.1) is 11.3 Å². The molecule has 1 aromatic carbocycles. The van der Waals surface area contributed by atoms with Crippen molar-refractivity contribution < 1.29 is 26.3 Å². The lowest BCUT2D eigenvalue weighted by atomic mass is 9.98. The molecule has 11 heteroatoms. The minimum Gasteiger partial charge on any atom is -0.297 e. The first-order valence-electron chi connectivity index (χ1n) is 7.65. The van der Waals surface area contributed by atoms with Gasteiger partial charge in [-0.05, 0) is 30.9 Å². The number of alkyl halides is 6. The molecular weight excluding hydrogens is 394 g/mol. The molecule has 0 amide bonds. The molecule has 4 nitrogen and oxygen atoms in total. The molecule has 0 saturated carbocycles. The topological polar surface area (TPSA) is 60.5 Å². The van der Waals surface area contributed by atoms with Crippen LogP contribution in [-0.2, 0) is 6.18 Å². The zero-order valence-electron chi connectivity index (χ0n) is 14.2. The fourth-order valence-electron chi connectivity index (χ4n) is 2.39. The minimum absolute atomic E-state index is 0.110. The predicted octanol–water partition coefficient (Wildman–Crippen LogP) is 5.03. The van der Waals surface area contributed by atoms with Crippen LogP contribution in [0.5, 0.6) is 0 Å². The number of hydrogen-bond acceptors (Lipinski definition) is 5. The molecule has 1 N–H and O–H groups in total. The van der Waals surface area contributed by atoms with E-state index in [1.165, 1.54) is 19.1 Å². The van der Waals surface area contributed by atoms with Crippen molar-refractivity contribution in [2.45, 2.75) is 38.2 Å². The van der Waals surface area contributed by atoms with Crippen LogP contribution in [-0.4, -0.2) is 28.2 Å². The van der Waals surface area contributed by atoms with Gasteiger partial charge in [0.15, 0.2) is 0 Å². The normalized spacial score (nSPS) is 20.9. The van der Waals surface area contributed by atoms with Gasteiger partial charge in [-0.2, -0.15) is 36.7 Å². The van der Waals surface area contributed by atoms with Gasteiger partial charge in [0.05, 0.1) is 22.9 Å². The summed E-state index contributed by atoms with van der Waals surface area (Å²) >= 11 is 1.10. The molecule has 0 fully saturated rings. The van der Waals surface area contributed by atoms with E-state index >= 15 is 0 Å². The van der Waals surface area contributed by atoms with E-state index in [2.05, 4.69) is 15.5 Å². The second kappa shape index (κ2) is 7.42. The lowest BCUT2D eigenvalue weighted by Crippen LogP contribution is -2.43. The van der Waals surface area contributed by atoms with Crippen LogP contribution < -0.4 is 5.43 Å². The fraction of sp³-hybridized carbons (Fsp3) is 0.438. The van der Waals surface area contributed by atoms with Crippen LogP contribution in [0.1, 0.15) is 31.4 Å². The monoisotopic (exact) mass is 408 g/mol. The third-order valence-corrected chi connectivity index (χ3v) is 4.80. The molecule has 27 heavy (non-hydrogen) atoms. The van der Waals surface area contributed by atoms with E-state index in [-0.39, 0.29) is 10.7 Å². The summed E-state index contributed by atoms with van der Waals surface area (Å²) in [5.74, 6) is 0.444. The first-order valence-corrected chi connectivity index (χ1v) is 8.63. The summed E-state index contributed by atoms with van der Waals surface area (Å²) in [7, 11) is 0. The number of thioether (sulfide) groups is 1. The Morgan fingerprint density at radius 1 is 1.30 bits per heavy atom. The number of nitriles is 1. The summed E-state index contributed by atoms with van der Waals surface area (Å²) in [6, 6.07) is 4.37. The number of rotatable bonds is 3. The van der Waals surface area contributed by atoms with E-state index in [0.29, 0.717) is 11.8 Å². The van der Waals surface area contributed by atoms with E-state index in [1.54, 1.807) is 6.92 Å². The van der Waals surface area contributed by atoms with Gasteiger partial charge in [0.1, 0.15) is 16.3 Å². The number of benzene rings is 1. The predicted molar refractivity (Wildman–Crippen MR) is 91.0 cm³/mol. The smallest absolute Gasteiger partial charge is 0.297 e. The number of aliphatic imine (C=N–C) groups is 1. The Kier molecular flexibility index (Phi) is 5.79. The maximum Gasteiger partial charge on any atom is 0.431 e. The third kappa shape index (κ3) is 4.74.